The number of rotatable bonds is 6. The van der Waals surface area contributed by atoms with Gasteiger partial charge in [0.1, 0.15) is 23.7 Å². The third-order valence-electron chi connectivity index (χ3n) is 4.12. The molecule has 0 bridgehead atoms. The van der Waals surface area contributed by atoms with E-state index >= 15 is 0 Å². The summed E-state index contributed by atoms with van der Waals surface area (Å²) in [5, 5.41) is 0. The van der Waals surface area contributed by atoms with Crippen LogP contribution in [0.5, 0.6) is 5.75 Å². The molecular weight excluding hydrogens is 361 g/mol. The molecule has 1 aliphatic rings. The molecule has 8 heteroatoms. The minimum Gasteiger partial charge on any atom is -0.487 e. The normalized spacial score (nSPS) is 19.2. The van der Waals surface area contributed by atoms with Crippen LogP contribution in [0.15, 0.2) is 18.2 Å². The van der Waals surface area contributed by atoms with Crippen molar-refractivity contribution in [2.24, 2.45) is 0 Å². The maximum absolute atomic E-state index is 13.8. The topological polar surface area (TPSA) is 72.9 Å². The number of sulfonamides is 1. The Morgan fingerprint density at radius 1 is 1.42 bits per heavy atom. The predicted molar refractivity (Wildman–Crippen MR) is 95.9 cm³/mol. The number of nitrogens with zero attached hydrogens (tertiary/aromatic N) is 1. The monoisotopic (exact) mass is 387 g/mol. The molecule has 1 unspecified atom stereocenters. The summed E-state index contributed by atoms with van der Waals surface area (Å²) >= 11 is 0. The van der Waals surface area contributed by atoms with Crippen LogP contribution in [0.1, 0.15) is 52.6 Å². The van der Waals surface area contributed by atoms with Crippen LogP contribution in [-0.4, -0.2) is 42.7 Å². The standard InChI is InChI=1S/C18H26FNO5S/c1-6-26(22,23)20(11-17(21)24-12(2)3)15-10-18(4,5)25-16-8-7-13(19)9-14(15)16/h7-9,12,15H,6,10-11H2,1-5H3. The second-order valence-electron chi connectivity index (χ2n) is 7.25. The molecule has 6 nitrogen and oxygen atoms in total. The zero-order valence-corrected chi connectivity index (χ0v) is 16.6. The van der Waals surface area contributed by atoms with Crippen molar-refractivity contribution in [1.29, 1.82) is 0 Å². The van der Waals surface area contributed by atoms with Crippen LogP contribution in [0.4, 0.5) is 4.39 Å². The lowest BCUT2D eigenvalue weighted by Gasteiger charge is -2.41. The van der Waals surface area contributed by atoms with Gasteiger partial charge in [-0.15, -0.1) is 0 Å². The van der Waals surface area contributed by atoms with Gasteiger partial charge in [0, 0.05) is 12.0 Å². The lowest BCUT2D eigenvalue weighted by Crippen LogP contribution is -2.46. The Labute approximate surface area is 154 Å². The molecule has 0 amide bonds. The van der Waals surface area contributed by atoms with E-state index in [9.17, 15) is 17.6 Å². The average Bonchev–Trinajstić information content (AvgIpc) is 2.51. The fourth-order valence-corrected chi connectivity index (χ4v) is 4.25. The molecule has 0 aromatic heterocycles. The van der Waals surface area contributed by atoms with Crippen molar-refractivity contribution in [2.45, 2.75) is 58.8 Å². The molecule has 0 radical (unpaired) electrons. The van der Waals surface area contributed by atoms with Gasteiger partial charge >= 0.3 is 5.97 Å². The summed E-state index contributed by atoms with van der Waals surface area (Å²) in [5.41, 5.74) is -0.252. The Morgan fingerprint density at radius 3 is 2.65 bits per heavy atom. The van der Waals surface area contributed by atoms with Crippen LogP contribution in [0.2, 0.25) is 0 Å². The van der Waals surface area contributed by atoms with Crippen molar-refractivity contribution < 1.29 is 27.1 Å². The number of hydrogen-bond acceptors (Lipinski definition) is 5. The van der Waals surface area contributed by atoms with Gasteiger partial charge in [-0.05, 0) is 52.8 Å². The summed E-state index contributed by atoms with van der Waals surface area (Å²) in [6.45, 7) is 8.13. The van der Waals surface area contributed by atoms with Crippen LogP contribution in [0.25, 0.3) is 0 Å². The quantitative estimate of drug-likeness (QED) is 0.702. The number of hydrogen-bond donors (Lipinski definition) is 0. The summed E-state index contributed by atoms with van der Waals surface area (Å²) in [6.07, 6.45) is -0.0676. The molecule has 0 fully saturated rings. The number of halogens is 1. The first-order valence-electron chi connectivity index (χ1n) is 8.62. The number of carbonyl (C=O) groups excluding carboxylic acids is 1. The Hall–Kier alpha value is -1.67. The second-order valence-corrected chi connectivity index (χ2v) is 9.46. The van der Waals surface area contributed by atoms with Gasteiger partial charge < -0.3 is 9.47 Å². The molecule has 1 aromatic carbocycles. The number of carbonyl (C=O) groups is 1. The highest BCUT2D eigenvalue weighted by Crippen LogP contribution is 2.43. The van der Waals surface area contributed by atoms with Gasteiger partial charge in [0.2, 0.25) is 10.0 Å². The fourth-order valence-electron chi connectivity index (χ4n) is 3.04. The number of esters is 1. The molecule has 1 heterocycles. The van der Waals surface area contributed by atoms with Crippen molar-refractivity contribution in [3.05, 3.63) is 29.6 Å². The second kappa shape index (κ2) is 7.52. The molecule has 0 N–H and O–H groups in total. The van der Waals surface area contributed by atoms with Gasteiger partial charge in [-0.25, -0.2) is 12.8 Å². The molecule has 1 atom stereocenters. The van der Waals surface area contributed by atoms with E-state index in [-0.39, 0.29) is 18.3 Å². The fraction of sp³-hybridized carbons (Fsp3) is 0.611. The van der Waals surface area contributed by atoms with Crippen molar-refractivity contribution >= 4 is 16.0 Å². The van der Waals surface area contributed by atoms with Crippen molar-refractivity contribution in [3.63, 3.8) is 0 Å². The Bertz CT molecular complexity index is 776. The molecule has 0 spiro atoms. The first-order valence-corrected chi connectivity index (χ1v) is 10.2. The predicted octanol–water partition coefficient (Wildman–Crippen LogP) is 3.03. The lowest BCUT2D eigenvalue weighted by atomic mass is 9.89. The maximum atomic E-state index is 13.8. The number of benzene rings is 1. The zero-order valence-electron chi connectivity index (χ0n) is 15.8. The van der Waals surface area contributed by atoms with Gasteiger partial charge in [-0.2, -0.15) is 4.31 Å². The van der Waals surface area contributed by atoms with Gasteiger partial charge in [-0.3, -0.25) is 4.79 Å². The number of ether oxygens (including phenoxy) is 2. The Morgan fingerprint density at radius 2 is 2.08 bits per heavy atom. The Balaban J connectivity index is 2.50. The molecule has 0 saturated carbocycles. The minimum absolute atomic E-state index is 0.176. The van der Waals surface area contributed by atoms with Gasteiger partial charge in [0.05, 0.1) is 17.9 Å². The smallest absolute Gasteiger partial charge is 0.321 e. The van der Waals surface area contributed by atoms with E-state index in [1.165, 1.54) is 25.1 Å². The first kappa shape index (κ1) is 20.6. The average molecular weight is 387 g/mol. The van der Waals surface area contributed by atoms with E-state index in [0.717, 1.165) is 4.31 Å². The SMILES string of the molecule is CCS(=O)(=O)N(CC(=O)OC(C)C)C1CC(C)(C)Oc2ccc(F)cc21. The van der Waals surface area contributed by atoms with Crippen LogP contribution in [-0.2, 0) is 19.6 Å². The van der Waals surface area contributed by atoms with E-state index in [1.54, 1.807) is 13.8 Å². The molecule has 0 saturated heterocycles. The van der Waals surface area contributed by atoms with Gasteiger partial charge in [-0.1, -0.05) is 0 Å². The Kier molecular flexibility index (Phi) is 5.97. The summed E-state index contributed by atoms with van der Waals surface area (Å²) < 4.78 is 51.3. The molecule has 0 aliphatic carbocycles. The van der Waals surface area contributed by atoms with Gasteiger partial charge in [0.15, 0.2) is 0 Å². The third-order valence-corrected chi connectivity index (χ3v) is 5.95. The molecule has 2 rings (SSSR count). The summed E-state index contributed by atoms with van der Waals surface area (Å²) in [4.78, 5) is 12.2. The van der Waals surface area contributed by atoms with Crippen LogP contribution in [0.3, 0.4) is 0 Å². The van der Waals surface area contributed by atoms with E-state index in [1.807, 2.05) is 13.8 Å². The molecule has 1 aromatic rings. The lowest BCUT2D eigenvalue weighted by molar-refractivity contribution is -0.148. The zero-order chi connectivity index (χ0) is 19.7. The van der Waals surface area contributed by atoms with E-state index in [4.69, 9.17) is 9.47 Å². The molecule has 1 aliphatic heterocycles. The van der Waals surface area contributed by atoms with Gasteiger partial charge in [0.25, 0.3) is 0 Å². The summed E-state index contributed by atoms with van der Waals surface area (Å²) in [5.74, 6) is -0.888. The third kappa shape index (κ3) is 4.73. The van der Waals surface area contributed by atoms with E-state index in [2.05, 4.69) is 0 Å². The van der Waals surface area contributed by atoms with Crippen molar-refractivity contribution in [3.8, 4) is 5.75 Å². The minimum atomic E-state index is -3.74. The van der Waals surface area contributed by atoms with E-state index < -0.39 is 40.0 Å². The molecule has 26 heavy (non-hydrogen) atoms. The highest BCUT2D eigenvalue weighted by Gasteiger charge is 2.41. The van der Waals surface area contributed by atoms with Crippen molar-refractivity contribution in [1.82, 2.24) is 4.31 Å². The first-order chi connectivity index (χ1) is 11.9. The number of fused-ring (bicyclic) bond motifs is 1. The van der Waals surface area contributed by atoms with Crippen molar-refractivity contribution in [2.75, 3.05) is 12.3 Å². The van der Waals surface area contributed by atoms with Crippen LogP contribution in [0, 0.1) is 5.82 Å². The van der Waals surface area contributed by atoms with E-state index in [0.29, 0.717) is 11.3 Å². The molecule has 146 valence electrons. The highest BCUT2D eigenvalue weighted by atomic mass is 32.2. The highest BCUT2D eigenvalue weighted by molar-refractivity contribution is 7.89. The van der Waals surface area contributed by atoms with Crippen LogP contribution < -0.4 is 4.74 Å². The summed E-state index contributed by atoms with van der Waals surface area (Å²) in [7, 11) is -3.74. The maximum Gasteiger partial charge on any atom is 0.321 e. The summed E-state index contributed by atoms with van der Waals surface area (Å²) in [6, 6.07) is 3.31. The van der Waals surface area contributed by atoms with Crippen LogP contribution >= 0.6 is 0 Å². The largest absolute Gasteiger partial charge is 0.487 e. The molecular formula is C18H26FNO5S.